The van der Waals surface area contributed by atoms with E-state index in [4.69, 9.17) is 5.73 Å². The molecule has 15 heavy (non-hydrogen) atoms. The normalized spacial score (nSPS) is 12.7. The third-order valence-electron chi connectivity index (χ3n) is 2.50. The molecule has 0 saturated carbocycles. The van der Waals surface area contributed by atoms with Gasteiger partial charge >= 0.3 is 0 Å². The van der Waals surface area contributed by atoms with Crippen LogP contribution < -0.4 is 11.1 Å². The van der Waals surface area contributed by atoms with Crippen molar-refractivity contribution in [1.82, 2.24) is 10.3 Å². The molecule has 3 nitrogen and oxygen atoms in total. The van der Waals surface area contributed by atoms with Crippen molar-refractivity contribution < 1.29 is 0 Å². The van der Waals surface area contributed by atoms with Crippen LogP contribution in [0.2, 0.25) is 0 Å². The van der Waals surface area contributed by atoms with E-state index < -0.39 is 0 Å². The molecule has 1 heterocycles. The standard InChI is InChI=1S/C12H21N3/c1-11(10-13)5-8-14-9-6-12-4-2-3-7-15-12/h2-4,7,11,14H,5-6,8-10,13H2,1H3. The maximum atomic E-state index is 5.54. The smallest absolute Gasteiger partial charge is 0.0416 e. The third kappa shape index (κ3) is 5.50. The van der Waals surface area contributed by atoms with E-state index >= 15 is 0 Å². The molecule has 0 saturated heterocycles. The summed E-state index contributed by atoms with van der Waals surface area (Å²) < 4.78 is 0. The summed E-state index contributed by atoms with van der Waals surface area (Å²) in [5, 5.41) is 3.40. The SMILES string of the molecule is CC(CN)CCNCCc1ccccn1. The van der Waals surface area contributed by atoms with Crippen molar-refractivity contribution in [3.05, 3.63) is 30.1 Å². The molecule has 0 spiro atoms. The van der Waals surface area contributed by atoms with Gasteiger partial charge in [-0.2, -0.15) is 0 Å². The molecular formula is C12H21N3. The third-order valence-corrected chi connectivity index (χ3v) is 2.50. The highest BCUT2D eigenvalue weighted by Crippen LogP contribution is 1.97. The van der Waals surface area contributed by atoms with Gasteiger partial charge in [0.2, 0.25) is 0 Å². The second kappa shape index (κ2) is 7.37. The number of hydrogen-bond acceptors (Lipinski definition) is 3. The Kier molecular flexibility index (Phi) is 5.97. The van der Waals surface area contributed by atoms with Crippen molar-refractivity contribution in [2.75, 3.05) is 19.6 Å². The van der Waals surface area contributed by atoms with Gasteiger partial charge in [-0.3, -0.25) is 4.98 Å². The van der Waals surface area contributed by atoms with E-state index in [1.165, 1.54) is 0 Å². The molecule has 1 rings (SSSR count). The van der Waals surface area contributed by atoms with Gasteiger partial charge in [0, 0.05) is 24.9 Å². The van der Waals surface area contributed by atoms with E-state index in [1.807, 2.05) is 18.3 Å². The molecule has 0 aliphatic carbocycles. The number of hydrogen-bond donors (Lipinski definition) is 2. The zero-order chi connectivity index (χ0) is 10.9. The van der Waals surface area contributed by atoms with E-state index in [9.17, 15) is 0 Å². The quantitative estimate of drug-likeness (QED) is 0.661. The van der Waals surface area contributed by atoms with Gasteiger partial charge in [0.05, 0.1) is 0 Å². The van der Waals surface area contributed by atoms with Gasteiger partial charge in [-0.25, -0.2) is 0 Å². The lowest BCUT2D eigenvalue weighted by atomic mass is 10.1. The molecular weight excluding hydrogens is 186 g/mol. The van der Waals surface area contributed by atoms with Crippen molar-refractivity contribution in [2.45, 2.75) is 19.8 Å². The van der Waals surface area contributed by atoms with Crippen molar-refractivity contribution in [2.24, 2.45) is 11.7 Å². The number of pyridine rings is 1. The van der Waals surface area contributed by atoms with Crippen LogP contribution in [0.15, 0.2) is 24.4 Å². The molecule has 0 aromatic carbocycles. The first-order valence-electron chi connectivity index (χ1n) is 5.63. The predicted octanol–water partition coefficient (Wildman–Crippen LogP) is 1.20. The summed E-state index contributed by atoms with van der Waals surface area (Å²) >= 11 is 0. The number of nitrogens with one attached hydrogen (secondary N) is 1. The summed E-state index contributed by atoms with van der Waals surface area (Å²) in [6.45, 7) is 5.00. The lowest BCUT2D eigenvalue weighted by Crippen LogP contribution is -2.22. The van der Waals surface area contributed by atoms with E-state index in [2.05, 4.69) is 23.3 Å². The topological polar surface area (TPSA) is 50.9 Å². The monoisotopic (exact) mass is 207 g/mol. The highest BCUT2D eigenvalue weighted by Gasteiger charge is 1.98. The van der Waals surface area contributed by atoms with Crippen LogP contribution in [0, 0.1) is 5.92 Å². The van der Waals surface area contributed by atoms with Gasteiger partial charge in [0.15, 0.2) is 0 Å². The second-order valence-electron chi connectivity index (χ2n) is 3.95. The predicted molar refractivity (Wildman–Crippen MR) is 63.6 cm³/mol. The zero-order valence-corrected chi connectivity index (χ0v) is 9.45. The van der Waals surface area contributed by atoms with Gasteiger partial charge < -0.3 is 11.1 Å². The van der Waals surface area contributed by atoms with Crippen molar-refractivity contribution >= 4 is 0 Å². The summed E-state index contributed by atoms with van der Waals surface area (Å²) in [6.07, 6.45) is 3.99. The molecule has 1 aromatic rings. The molecule has 0 aliphatic rings. The Morgan fingerprint density at radius 3 is 2.93 bits per heavy atom. The molecule has 0 fully saturated rings. The number of nitrogens with zero attached hydrogens (tertiary/aromatic N) is 1. The van der Waals surface area contributed by atoms with Gasteiger partial charge in [-0.1, -0.05) is 13.0 Å². The maximum absolute atomic E-state index is 5.54. The lowest BCUT2D eigenvalue weighted by Gasteiger charge is -2.08. The van der Waals surface area contributed by atoms with Crippen molar-refractivity contribution in [1.29, 1.82) is 0 Å². The van der Waals surface area contributed by atoms with E-state index in [0.717, 1.165) is 38.2 Å². The van der Waals surface area contributed by atoms with Crippen LogP contribution in [-0.4, -0.2) is 24.6 Å². The molecule has 0 aliphatic heterocycles. The molecule has 3 N–H and O–H groups in total. The molecule has 0 bridgehead atoms. The molecule has 0 radical (unpaired) electrons. The minimum absolute atomic E-state index is 0.618. The summed E-state index contributed by atoms with van der Waals surface area (Å²) in [5.74, 6) is 0.618. The Hall–Kier alpha value is -0.930. The highest BCUT2D eigenvalue weighted by atomic mass is 14.8. The fourth-order valence-electron chi connectivity index (χ4n) is 1.35. The van der Waals surface area contributed by atoms with E-state index in [1.54, 1.807) is 0 Å². The molecule has 3 heteroatoms. The number of aromatic nitrogens is 1. The zero-order valence-electron chi connectivity index (χ0n) is 9.45. The fourth-order valence-corrected chi connectivity index (χ4v) is 1.35. The van der Waals surface area contributed by atoms with Gasteiger partial charge in [-0.15, -0.1) is 0 Å². The minimum Gasteiger partial charge on any atom is -0.330 e. The lowest BCUT2D eigenvalue weighted by molar-refractivity contribution is 0.510. The Morgan fingerprint density at radius 1 is 1.40 bits per heavy atom. The largest absolute Gasteiger partial charge is 0.330 e. The summed E-state index contributed by atoms with van der Waals surface area (Å²) in [5.41, 5.74) is 6.69. The molecule has 1 aromatic heterocycles. The molecule has 1 atom stereocenters. The summed E-state index contributed by atoms with van der Waals surface area (Å²) in [6, 6.07) is 6.03. The highest BCUT2D eigenvalue weighted by molar-refractivity contribution is 5.03. The first-order valence-corrected chi connectivity index (χ1v) is 5.63. The number of nitrogens with two attached hydrogens (primary N) is 1. The second-order valence-corrected chi connectivity index (χ2v) is 3.95. The average Bonchev–Trinajstić information content (AvgIpc) is 2.29. The van der Waals surface area contributed by atoms with Gasteiger partial charge in [0.1, 0.15) is 0 Å². The first kappa shape index (κ1) is 12.1. The van der Waals surface area contributed by atoms with Crippen LogP contribution in [0.5, 0.6) is 0 Å². The minimum atomic E-state index is 0.618. The Balaban J connectivity index is 2.03. The molecule has 1 unspecified atom stereocenters. The van der Waals surface area contributed by atoms with Crippen molar-refractivity contribution in [3.8, 4) is 0 Å². The molecule has 84 valence electrons. The number of rotatable bonds is 7. The maximum Gasteiger partial charge on any atom is 0.0416 e. The Bertz CT molecular complexity index is 248. The van der Waals surface area contributed by atoms with Crippen LogP contribution in [0.1, 0.15) is 19.0 Å². The molecule has 0 amide bonds. The Labute approximate surface area is 92.1 Å². The van der Waals surface area contributed by atoms with Gasteiger partial charge in [0.25, 0.3) is 0 Å². The summed E-state index contributed by atoms with van der Waals surface area (Å²) in [4.78, 5) is 4.27. The average molecular weight is 207 g/mol. The van der Waals surface area contributed by atoms with Crippen molar-refractivity contribution in [3.63, 3.8) is 0 Å². The Morgan fingerprint density at radius 2 is 2.27 bits per heavy atom. The van der Waals surface area contributed by atoms with Crippen LogP contribution in [0.4, 0.5) is 0 Å². The van der Waals surface area contributed by atoms with E-state index in [-0.39, 0.29) is 0 Å². The van der Waals surface area contributed by atoms with Crippen LogP contribution >= 0.6 is 0 Å². The van der Waals surface area contributed by atoms with Gasteiger partial charge in [-0.05, 0) is 37.6 Å². The first-order chi connectivity index (χ1) is 7.33. The van der Waals surface area contributed by atoms with E-state index in [0.29, 0.717) is 5.92 Å². The summed E-state index contributed by atoms with van der Waals surface area (Å²) in [7, 11) is 0. The fraction of sp³-hybridized carbons (Fsp3) is 0.583. The van der Waals surface area contributed by atoms with Crippen LogP contribution in [-0.2, 0) is 6.42 Å². The van der Waals surface area contributed by atoms with Crippen LogP contribution in [0.25, 0.3) is 0 Å². The van der Waals surface area contributed by atoms with Crippen LogP contribution in [0.3, 0.4) is 0 Å².